The van der Waals surface area contributed by atoms with Crippen LogP contribution >= 0.6 is 11.6 Å². The molecule has 0 bridgehead atoms. The molecule has 0 fully saturated rings. The predicted molar refractivity (Wildman–Crippen MR) is 163 cm³/mol. The van der Waals surface area contributed by atoms with Gasteiger partial charge in [0.25, 0.3) is 10.0 Å². The molecular weight excluding hydrogens is 562 g/mol. The lowest BCUT2D eigenvalue weighted by molar-refractivity contribution is -0.140. The molecule has 3 aromatic rings. The molecule has 2 amide bonds. The van der Waals surface area contributed by atoms with E-state index < -0.39 is 28.5 Å². The van der Waals surface area contributed by atoms with E-state index >= 15 is 0 Å². The molecule has 8 nitrogen and oxygen atoms in total. The highest BCUT2D eigenvalue weighted by molar-refractivity contribution is 7.92. The average Bonchev–Trinajstić information content (AvgIpc) is 2.98. The van der Waals surface area contributed by atoms with Gasteiger partial charge in [-0.1, -0.05) is 68.3 Å². The minimum absolute atomic E-state index is 0.0378. The number of amides is 2. The molecule has 0 spiro atoms. The minimum Gasteiger partial charge on any atom is -0.497 e. The number of ether oxygens (including phenoxy) is 1. The molecule has 0 aromatic heterocycles. The van der Waals surface area contributed by atoms with Crippen molar-refractivity contribution in [3.8, 4) is 5.75 Å². The van der Waals surface area contributed by atoms with Gasteiger partial charge in [-0.05, 0) is 67.3 Å². The Kier molecular flexibility index (Phi) is 11.6. The van der Waals surface area contributed by atoms with Gasteiger partial charge in [0.15, 0.2) is 0 Å². The zero-order chi connectivity index (χ0) is 30.0. The van der Waals surface area contributed by atoms with E-state index in [4.69, 9.17) is 16.3 Å². The molecule has 0 aliphatic carbocycles. The number of anilines is 1. The molecule has 0 saturated heterocycles. The lowest BCUT2D eigenvalue weighted by Gasteiger charge is -2.33. The highest BCUT2D eigenvalue weighted by Crippen LogP contribution is 2.31. The summed E-state index contributed by atoms with van der Waals surface area (Å²) in [6.45, 7) is 5.62. The van der Waals surface area contributed by atoms with Crippen LogP contribution in [0.5, 0.6) is 5.75 Å². The quantitative estimate of drug-likeness (QED) is 0.244. The normalized spacial score (nSPS) is 11.9. The maximum atomic E-state index is 14.2. The number of nitrogens with one attached hydrogen (secondary N) is 1. The first kappa shape index (κ1) is 32.0. The number of unbranched alkanes of at least 4 members (excludes halogenated alkanes) is 1. The standard InChI is InChI=1S/C31H38ClN3O5S/c1-5-7-19-33-31(37)28(6-2)34(21-24-13-11-14-25(20-24)40-4)30(36)22-35(29-18-12-17-27(32)23(29)3)41(38,39)26-15-9-8-10-16-26/h8-18,20,28H,5-7,19,21-22H2,1-4H3,(H,33,37)/t28-/m1/s1. The Bertz CT molecular complexity index is 1430. The molecule has 0 unspecified atom stereocenters. The van der Waals surface area contributed by atoms with Crippen LogP contribution in [-0.2, 0) is 26.2 Å². The van der Waals surface area contributed by atoms with E-state index in [-0.39, 0.29) is 23.0 Å². The first-order chi connectivity index (χ1) is 19.6. The Morgan fingerprint density at radius 3 is 2.37 bits per heavy atom. The number of carbonyl (C=O) groups excluding carboxylic acids is 2. The summed E-state index contributed by atoms with van der Waals surface area (Å²) in [4.78, 5) is 29.0. The van der Waals surface area contributed by atoms with Crippen LogP contribution in [-0.4, -0.2) is 51.4 Å². The van der Waals surface area contributed by atoms with Crippen molar-refractivity contribution in [1.82, 2.24) is 10.2 Å². The fourth-order valence-corrected chi connectivity index (χ4v) is 6.15. The maximum Gasteiger partial charge on any atom is 0.264 e. The van der Waals surface area contributed by atoms with Crippen molar-refractivity contribution in [2.75, 3.05) is 24.5 Å². The van der Waals surface area contributed by atoms with Gasteiger partial charge >= 0.3 is 0 Å². The molecule has 41 heavy (non-hydrogen) atoms. The van der Waals surface area contributed by atoms with Crippen LogP contribution in [0.2, 0.25) is 5.02 Å². The number of halogens is 1. The van der Waals surface area contributed by atoms with Crippen LogP contribution in [0.3, 0.4) is 0 Å². The average molecular weight is 600 g/mol. The highest BCUT2D eigenvalue weighted by Gasteiger charge is 2.34. The van der Waals surface area contributed by atoms with Crippen LogP contribution in [0.4, 0.5) is 5.69 Å². The first-order valence-electron chi connectivity index (χ1n) is 13.7. The molecule has 0 aliphatic heterocycles. The summed E-state index contributed by atoms with van der Waals surface area (Å²) in [5, 5.41) is 3.30. The molecule has 0 heterocycles. The van der Waals surface area contributed by atoms with Gasteiger partial charge < -0.3 is 15.0 Å². The summed E-state index contributed by atoms with van der Waals surface area (Å²) >= 11 is 6.38. The zero-order valence-corrected chi connectivity index (χ0v) is 25.5. The molecule has 1 atom stereocenters. The molecule has 0 saturated carbocycles. The second-order valence-corrected chi connectivity index (χ2v) is 11.9. The number of sulfonamides is 1. The van der Waals surface area contributed by atoms with E-state index in [1.165, 1.54) is 17.0 Å². The van der Waals surface area contributed by atoms with E-state index in [9.17, 15) is 18.0 Å². The Morgan fingerprint density at radius 2 is 1.71 bits per heavy atom. The van der Waals surface area contributed by atoms with E-state index in [2.05, 4.69) is 5.32 Å². The van der Waals surface area contributed by atoms with Gasteiger partial charge in [0.1, 0.15) is 18.3 Å². The third-order valence-corrected chi connectivity index (χ3v) is 9.00. The van der Waals surface area contributed by atoms with E-state index in [1.54, 1.807) is 68.6 Å². The van der Waals surface area contributed by atoms with Gasteiger partial charge in [-0.3, -0.25) is 13.9 Å². The molecule has 1 N–H and O–H groups in total. The van der Waals surface area contributed by atoms with Gasteiger partial charge in [0.05, 0.1) is 17.7 Å². The highest BCUT2D eigenvalue weighted by atomic mass is 35.5. The smallest absolute Gasteiger partial charge is 0.264 e. The van der Waals surface area contributed by atoms with Crippen LogP contribution in [0.25, 0.3) is 0 Å². The molecule has 220 valence electrons. The summed E-state index contributed by atoms with van der Waals surface area (Å²) in [7, 11) is -2.62. The van der Waals surface area contributed by atoms with Crippen molar-refractivity contribution < 1.29 is 22.7 Å². The fourth-order valence-electron chi connectivity index (χ4n) is 4.49. The van der Waals surface area contributed by atoms with Gasteiger partial charge in [-0.2, -0.15) is 0 Å². The third-order valence-electron chi connectivity index (χ3n) is 6.82. The lowest BCUT2D eigenvalue weighted by Crippen LogP contribution is -2.52. The summed E-state index contributed by atoms with van der Waals surface area (Å²) in [6, 6.07) is 19.3. The second-order valence-electron chi connectivity index (χ2n) is 9.65. The van der Waals surface area contributed by atoms with Crippen molar-refractivity contribution in [1.29, 1.82) is 0 Å². The molecule has 3 rings (SSSR count). The maximum absolute atomic E-state index is 14.2. The number of benzene rings is 3. The van der Waals surface area contributed by atoms with Crippen molar-refractivity contribution in [2.45, 2.75) is 57.5 Å². The summed E-state index contributed by atoms with van der Waals surface area (Å²) in [6.07, 6.45) is 2.06. The molecule has 0 radical (unpaired) electrons. The Labute approximate surface area is 248 Å². The number of nitrogens with zero attached hydrogens (tertiary/aromatic N) is 2. The lowest BCUT2D eigenvalue weighted by atomic mass is 10.1. The van der Waals surface area contributed by atoms with Gasteiger partial charge in [0, 0.05) is 18.1 Å². The SMILES string of the molecule is CCCCNC(=O)[C@@H](CC)N(Cc1cccc(OC)c1)C(=O)CN(c1cccc(Cl)c1C)S(=O)(=O)c1ccccc1. The first-order valence-corrected chi connectivity index (χ1v) is 15.5. The molecule has 0 aliphatic rings. The van der Waals surface area contributed by atoms with Gasteiger partial charge in [-0.25, -0.2) is 8.42 Å². The fraction of sp³-hybridized carbons (Fsp3) is 0.355. The Morgan fingerprint density at radius 1 is 1.00 bits per heavy atom. The second kappa shape index (κ2) is 14.9. The van der Waals surface area contributed by atoms with E-state index in [1.807, 2.05) is 19.9 Å². The van der Waals surface area contributed by atoms with Gasteiger partial charge in [-0.15, -0.1) is 0 Å². The summed E-state index contributed by atoms with van der Waals surface area (Å²) in [5.41, 5.74) is 1.55. The van der Waals surface area contributed by atoms with Crippen molar-refractivity contribution >= 4 is 39.1 Å². The van der Waals surface area contributed by atoms with Crippen LogP contribution < -0.4 is 14.4 Å². The number of hydrogen-bond acceptors (Lipinski definition) is 5. The zero-order valence-electron chi connectivity index (χ0n) is 24.0. The monoisotopic (exact) mass is 599 g/mol. The van der Waals surface area contributed by atoms with E-state index in [0.717, 1.165) is 22.7 Å². The number of hydrogen-bond donors (Lipinski definition) is 1. The van der Waals surface area contributed by atoms with Crippen LogP contribution in [0, 0.1) is 6.92 Å². The van der Waals surface area contributed by atoms with Crippen molar-refractivity contribution in [3.63, 3.8) is 0 Å². The Hall–Kier alpha value is -3.56. The van der Waals surface area contributed by atoms with Gasteiger partial charge in [0.2, 0.25) is 11.8 Å². The topological polar surface area (TPSA) is 96.0 Å². The van der Waals surface area contributed by atoms with Crippen LogP contribution in [0.1, 0.15) is 44.2 Å². The molecular formula is C31H38ClN3O5S. The molecule has 3 aromatic carbocycles. The predicted octanol–water partition coefficient (Wildman–Crippen LogP) is 5.58. The molecule has 10 heteroatoms. The van der Waals surface area contributed by atoms with E-state index in [0.29, 0.717) is 29.3 Å². The minimum atomic E-state index is -4.17. The third kappa shape index (κ3) is 8.01. The summed E-state index contributed by atoms with van der Waals surface area (Å²) < 4.78 is 34.4. The summed E-state index contributed by atoms with van der Waals surface area (Å²) in [5.74, 6) is -0.198. The Balaban J connectivity index is 2.07. The number of methoxy groups -OCH3 is 1. The van der Waals surface area contributed by atoms with Crippen LogP contribution in [0.15, 0.2) is 77.7 Å². The van der Waals surface area contributed by atoms with Crippen molar-refractivity contribution in [3.05, 3.63) is 88.9 Å². The number of rotatable bonds is 14. The van der Waals surface area contributed by atoms with Crippen molar-refractivity contribution in [2.24, 2.45) is 0 Å². The largest absolute Gasteiger partial charge is 0.497 e. The number of carbonyl (C=O) groups is 2.